The van der Waals surface area contributed by atoms with Crippen LogP contribution in [0.4, 0.5) is 17.6 Å². The van der Waals surface area contributed by atoms with E-state index in [-0.39, 0.29) is 0 Å². The zero-order valence-corrected chi connectivity index (χ0v) is 10.4. The molecule has 0 fully saturated rings. The maximum Gasteiger partial charge on any atom is 0.173 e. The van der Waals surface area contributed by atoms with Gasteiger partial charge in [-0.15, -0.1) is 0 Å². The van der Waals surface area contributed by atoms with Crippen molar-refractivity contribution in [1.29, 1.82) is 21.0 Å². The molecule has 0 aromatic rings. The van der Waals surface area contributed by atoms with Crippen LogP contribution in [0.3, 0.4) is 0 Å². The first-order valence-electron chi connectivity index (χ1n) is 5.26. The molecule has 1 aliphatic rings. The highest BCUT2D eigenvalue weighted by molar-refractivity contribution is 5.62. The predicted molar refractivity (Wildman–Crippen MR) is 60.2 cm³/mol. The Labute approximate surface area is 116 Å². The Balaban J connectivity index is 3.96. The van der Waals surface area contributed by atoms with Crippen molar-refractivity contribution in [1.82, 2.24) is 0 Å². The lowest BCUT2D eigenvalue weighted by molar-refractivity contribution is 0.115. The van der Waals surface area contributed by atoms with E-state index in [9.17, 15) is 17.6 Å². The molecule has 21 heavy (non-hydrogen) atoms. The van der Waals surface area contributed by atoms with Crippen molar-refractivity contribution in [2.24, 2.45) is 0 Å². The van der Waals surface area contributed by atoms with Crippen molar-refractivity contribution in [3.05, 3.63) is 33.9 Å². The van der Waals surface area contributed by atoms with Crippen molar-refractivity contribution in [2.45, 2.75) is 18.8 Å². The normalized spacial score (nSPS) is 24.5. The third-order valence-electron chi connectivity index (χ3n) is 2.83. The summed E-state index contributed by atoms with van der Waals surface area (Å²) in [5.41, 5.74) is -8.30. The van der Waals surface area contributed by atoms with Gasteiger partial charge < -0.3 is 0 Å². The predicted octanol–water partition coefficient (Wildman–Crippen LogP) is 2.90. The highest BCUT2D eigenvalue weighted by atomic mass is 19.2. The Hall–Kier alpha value is -3.10. The highest BCUT2D eigenvalue weighted by Crippen LogP contribution is 2.47. The number of alkyl halides is 2. The first kappa shape index (κ1) is 16.0. The minimum Gasteiger partial charge on any atom is -0.238 e. The largest absolute Gasteiger partial charge is 0.238 e. The van der Waals surface area contributed by atoms with Crippen LogP contribution in [-0.4, -0.2) is 11.8 Å². The first-order chi connectivity index (χ1) is 9.77. The van der Waals surface area contributed by atoms with Crippen molar-refractivity contribution in [3.8, 4) is 24.3 Å². The van der Waals surface area contributed by atoms with Crippen LogP contribution in [-0.2, 0) is 0 Å². The molecule has 0 bridgehead atoms. The Morgan fingerprint density at radius 1 is 0.952 bits per heavy atom. The van der Waals surface area contributed by atoms with Crippen molar-refractivity contribution in [2.75, 3.05) is 0 Å². The highest BCUT2D eigenvalue weighted by Gasteiger charge is 2.52. The summed E-state index contributed by atoms with van der Waals surface area (Å²) in [7, 11) is 0. The second kappa shape index (κ2) is 5.49. The molecule has 2 unspecified atom stereocenters. The quantitative estimate of drug-likeness (QED) is 0.506. The molecule has 0 spiro atoms. The Morgan fingerprint density at radius 3 is 1.76 bits per heavy atom. The molecule has 0 radical (unpaired) electrons. The van der Waals surface area contributed by atoms with Gasteiger partial charge in [0.05, 0.1) is 11.1 Å². The first-order valence-corrected chi connectivity index (χ1v) is 5.26. The van der Waals surface area contributed by atoms with Crippen LogP contribution in [0.25, 0.3) is 0 Å². The summed E-state index contributed by atoms with van der Waals surface area (Å²) in [6, 6.07) is 4.57. The summed E-state index contributed by atoms with van der Waals surface area (Å²) >= 11 is 0. The van der Waals surface area contributed by atoms with E-state index in [1.54, 1.807) is 0 Å². The third kappa shape index (κ3) is 2.24. The van der Waals surface area contributed by atoms with Gasteiger partial charge >= 0.3 is 0 Å². The molecule has 0 aromatic carbocycles. The van der Waals surface area contributed by atoms with E-state index < -0.39 is 45.8 Å². The zero-order chi connectivity index (χ0) is 16.4. The van der Waals surface area contributed by atoms with Crippen LogP contribution >= 0.6 is 0 Å². The van der Waals surface area contributed by atoms with Gasteiger partial charge in [-0.3, -0.25) is 0 Å². The summed E-state index contributed by atoms with van der Waals surface area (Å²) in [6.45, 7) is 0.486. The third-order valence-corrected chi connectivity index (χ3v) is 2.83. The molecule has 0 saturated carbocycles. The van der Waals surface area contributed by atoms with E-state index in [0.29, 0.717) is 6.92 Å². The Morgan fingerprint density at radius 2 is 1.38 bits per heavy atom. The van der Waals surface area contributed by atoms with Crippen molar-refractivity contribution in [3.63, 3.8) is 0 Å². The number of nitriles is 4. The number of rotatable bonds is 0. The van der Waals surface area contributed by atoms with E-state index in [1.165, 1.54) is 0 Å². The van der Waals surface area contributed by atoms with Gasteiger partial charge in [-0.2, -0.15) is 21.0 Å². The maximum atomic E-state index is 14.4. The molecule has 0 saturated heterocycles. The van der Waals surface area contributed by atoms with Gasteiger partial charge in [0.15, 0.2) is 23.5 Å². The van der Waals surface area contributed by atoms with Gasteiger partial charge in [0, 0.05) is 0 Å². The van der Waals surface area contributed by atoms with Crippen LogP contribution in [0.5, 0.6) is 0 Å². The van der Waals surface area contributed by atoms with Crippen LogP contribution in [0.2, 0.25) is 0 Å². The molecule has 1 aliphatic carbocycles. The van der Waals surface area contributed by atoms with Crippen molar-refractivity contribution >= 4 is 0 Å². The van der Waals surface area contributed by atoms with Gasteiger partial charge in [0.25, 0.3) is 0 Å². The minimum atomic E-state index is -3.28. The fourth-order valence-corrected chi connectivity index (χ4v) is 1.82. The standard InChI is InChI=1S/C13H4F4N4/c1-13(17)9(7(4-20)5-21)11(15)10(14)8(12(13)16)6(2-18)3-19/h12H,1H3. The molecule has 0 aliphatic heterocycles. The second-order valence-corrected chi connectivity index (χ2v) is 4.05. The molecule has 2 atom stereocenters. The number of nitrogens with zero attached hydrogens (tertiary/aromatic N) is 4. The number of hydrogen-bond donors (Lipinski definition) is 0. The lowest BCUT2D eigenvalue weighted by Gasteiger charge is -2.32. The fraction of sp³-hybridized carbons (Fsp3) is 0.231. The molecule has 0 amide bonds. The molecule has 0 N–H and O–H groups in total. The average Bonchev–Trinajstić information content (AvgIpc) is 2.46. The molecule has 0 heterocycles. The monoisotopic (exact) mass is 292 g/mol. The van der Waals surface area contributed by atoms with E-state index in [0.717, 1.165) is 24.3 Å². The van der Waals surface area contributed by atoms with Crippen LogP contribution < -0.4 is 0 Å². The van der Waals surface area contributed by atoms with E-state index in [4.69, 9.17) is 21.0 Å². The second-order valence-electron chi connectivity index (χ2n) is 4.05. The van der Waals surface area contributed by atoms with Gasteiger partial charge in [-0.25, -0.2) is 17.6 Å². The van der Waals surface area contributed by atoms with E-state index in [2.05, 4.69) is 0 Å². The van der Waals surface area contributed by atoms with Crippen LogP contribution in [0.1, 0.15) is 6.92 Å². The molecule has 0 aromatic heterocycles. The summed E-state index contributed by atoms with van der Waals surface area (Å²) in [5.74, 6) is -3.96. The summed E-state index contributed by atoms with van der Waals surface area (Å²) in [6.07, 6.45) is -2.92. The van der Waals surface area contributed by atoms with E-state index in [1.807, 2.05) is 0 Å². The van der Waals surface area contributed by atoms with Crippen molar-refractivity contribution < 1.29 is 17.6 Å². The number of hydrogen-bond acceptors (Lipinski definition) is 4. The smallest absolute Gasteiger partial charge is 0.173 e. The van der Waals surface area contributed by atoms with Crippen LogP contribution in [0.15, 0.2) is 33.9 Å². The van der Waals surface area contributed by atoms with Gasteiger partial charge in [0.2, 0.25) is 0 Å². The Bertz CT molecular complexity index is 728. The average molecular weight is 292 g/mol. The van der Waals surface area contributed by atoms with Gasteiger partial charge in [-0.05, 0) is 6.92 Å². The Kier molecular flexibility index (Phi) is 4.17. The molecular formula is C13H4F4N4. The topological polar surface area (TPSA) is 95.2 Å². The molecule has 8 heteroatoms. The van der Waals surface area contributed by atoms with Crippen LogP contribution in [0, 0.1) is 45.3 Å². The van der Waals surface area contributed by atoms with Gasteiger partial charge in [0.1, 0.15) is 35.4 Å². The minimum absolute atomic E-state index is 0.486. The van der Waals surface area contributed by atoms with Gasteiger partial charge in [-0.1, -0.05) is 0 Å². The molecule has 4 nitrogen and oxygen atoms in total. The molecule has 104 valence electrons. The summed E-state index contributed by atoms with van der Waals surface area (Å²) in [5, 5.41) is 34.4. The number of halogens is 4. The summed E-state index contributed by atoms with van der Waals surface area (Å²) in [4.78, 5) is 0. The lowest BCUT2D eigenvalue weighted by Crippen LogP contribution is -2.40. The zero-order valence-electron chi connectivity index (χ0n) is 10.4. The maximum absolute atomic E-state index is 14.4. The molecule has 1 rings (SSSR count). The fourth-order valence-electron chi connectivity index (χ4n) is 1.82. The lowest BCUT2D eigenvalue weighted by atomic mass is 9.78. The molecular weight excluding hydrogens is 288 g/mol. The van der Waals surface area contributed by atoms with E-state index >= 15 is 0 Å². The summed E-state index contributed by atoms with van der Waals surface area (Å²) < 4.78 is 56.3. The number of allylic oxidation sites excluding steroid dienone is 6. The SMILES string of the molecule is CC1(F)C(=C(C#N)C#N)C(F)=C(F)C(=C(C#N)C#N)C1F.